The van der Waals surface area contributed by atoms with E-state index in [0.717, 1.165) is 21.9 Å². The Labute approximate surface area is 253 Å². The number of amides is 2. The average Bonchev–Trinajstić information content (AvgIpc) is 2.93. The number of aryl methyl sites for hydroxylation is 2. The summed E-state index contributed by atoms with van der Waals surface area (Å²) in [7, 11) is -4.13. The smallest absolute Gasteiger partial charge is 0.264 e. The first kappa shape index (κ1) is 32.4. The number of nitrogens with zero attached hydrogens (tertiary/aromatic N) is 2. The Balaban J connectivity index is 2.10. The minimum Gasteiger partial charge on any atom is -0.352 e. The van der Waals surface area contributed by atoms with Gasteiger partial charge in [0.2, 0.25) is 11.8 Å². The first-order chi connectivity index (χ1) is 19.4. The molecule has 1 N–H and O–H groups in total. The quantitative estimate of drug-likeness (QED) is 0.250. The predicted octanol–water partition coefficient (Wildman–Crippen LogP) is 6.53. The summed E-state index contributed by atoms with van der Waals surface area (Å²) < 4.78 is 29.0. The van der Waals surface area contributed by atoms with Crippen molar-refractivity contribution in [3.05, 3.63) is 93.5 Å². The van der Waals surface area contributed by atoms with Crippen LogP contribution in [0.5, 0.6) is 0 Å². The number of anilines is 1. The second-order valence-corrected chi connectivity index (χ2v) is 12.9. The number of benzene rings is 3. The van der Waals surface area contributed by atoms with E-state index in [1.807, 2.05) is 40.7 Å². The van der Waals surface area contributed by atoms with Gasteiger partial charge in [0, 0.05) is 12.6 Å². The second-order valence-electron chi connectivity index (χ2n) is 10.2. The van der Waals surface area contributed by atoms with Crippen molar-refractivity contribution in [2.45, 2.75) is 71.0 Å². The molecule has 0 unspecified atom stereocenters. The summed E-state index contributed by atoms with van der Waals surface area (Å²) in [6, 6.07) is 17.5. The van der Waals surface area contributed by atoms with Crippen molar-refractivity contribution in [2.75, 3.05) is 10.8 Å². The molecule has 3 rings (SSSR count). The summed E-state index contributed by atoms with van der Waals surface area (Å²) in [5, 5.41) is 3.65. The Hall–Kier alpha value is -3.07. The highest BCUT2D eigenvalue weighted by molar-refractivity contribution is 7.92. The van der Waals surface area contributed by atoms with Crippen LogP contribution in [0.3, 0.4) is 0 Å². The monoisotopic (exact) mass is 617 g/mol. The van der Waals surface area contributed by atoms with Crippen molar-refractivity contribution < 1.29 is 18.0 Å². The normalized spacial score (nSPS) is 12.9. The molecule has 2 amide bonds. The van der Waals surface area contributed by atoms with Crippen LogP contribution in [0.1, 0.15) is 50.3 Å². The van der Waals surface area contributed by atoms with Crippen molar-refractivity contribution >= 4 is 50.7 Å². The van der Waals surface area contributed by atoms with E-state index in [1.165, 1.54) is 17.0 Å². The first-order valence-corrected chi connectivity index (χ1v) is 15.8. The molecule has 0 aliphatic carbocycles. The van der Waals surface area contributed by atoms with E-state index in [4.69, 9.17) is 23.2 Å². The maximum atomic E-state index is 14.2. The maximum absolute atomic E-state index is 14.2. The van der Waals surface area contributed by atoms with Gasteiger partial charge in [-0.05, 0) is 86.7 Å². The molecule has 0 aliphatic heterocycles. The fourth-order valence-corrected chi connectivity index (χ4v) is 6.28. The van der Waals surface area contributed by atoms with Gasteiger partial charge >= 0.3 is 0 Å². The maximum Gasteiger partial charge on any atom is 0.264 e. The molecule has 0 bridgehead atoms. The molecule has 3 aromatic rings. The highest BCUT2D eigenvalue weighted by Gasteiger charge is 2.34. The van der Waals surface area contributed by atoms with Crippen LogP contribution in [-0.4, -0.2) is 43.8 Å². The van der Waals surface area contributed by atoms with Crippen LogP contribution >= 0.6 is 23.2 Å². The van der Waals surface area contributed by atoms with Gasteiger partial charge in [0.05, 0.1) is 20.6 Å². The van der Waals surface area contributed by atoms with Crippen molar-refractivity contribution in [1.82, 2.24) is 10.2 Å². The number of rotatable bonds is 12. The molecule has 0 aromatic heterocycles. The molecule has 3 aromatic carbocycles. The second kappa shape index (κ2) is 14.2. The third-order valence-corrected chi connectivity index (χ3v) is 9.36. The van der Waals surface area contributed by atoms with E-state index < -0.39 is 28.5 Å². The van der Waals surface area contributed by atoms with E-state index in [2.05, 4.69) is 5.32 Å². The minimum absolute atomic E-state index is 0.0359. The molecule has 0 spiro atoms. The lowest BCUT2D eigenvalue weighted by Crippen LogP contribution is -2.53. The van der Waals surface area contributed by atoms with Gasteiger partial charge in [0.1, 0.15) is 12.6 Å². The highest BCUT2D eigenvalue weighted by atomic mass is 35.5. The van der Waals surface area contributed by atoms with E-state index in [9.17, 15) is 18.0 Å². The molecular weight excluding hydrogens is 581 g/mol. The Morgan fingerprint density at radius 2 is 1.51 bits per heavy atom. The SMILES string of the molecule is CC[C@@H](C)NC(=O)[C@@H](CC)N(Cc1ccc(Cl)c(Cl)c1)C(=O)CN(c1cc(C)cc(C)c1)S(=O)(=O)c1ccccc1. The highest BCUT2D eigenvalue weighted by Crippen LogP contribution is 2.28. The van der Waals surface area contributed by atoms with E-state index in [1.54, 1.807) is 48.5 Å². The molecule has 0 saturated carbocycles. The van der Waals surface area contributed by atoms with Gasteiger partial charge in [-0.2, -0.15) is 0 Å². The first-order valence-electron chi connectivity index (χ1n) is 13.6. The standard InChI is InChI=1S/C31H37Cl2N3O4S/c1-6-23(5)34-31(38)29(7-2)35(19-24-13-14-27(32)28(33)18-24)30(37)20-36(25-16-21(3)15-22(4)17-25)41(39,40)26-11-9-8-10-12-26/h8-18,23,29H,6-7,19-20H2,1-5H3,(H,34,38)/t23-,29-/m1/s1. The van der Waals surface area contributed by atoms with Crippen LogP contribution < -0.4 is 9.62 Å². The van der Waals surface area contributed by atoms with Crippen LogP contribution in [-0.2, 0) is 26.2 Å². The Morgan fingerprint density at radius 3 is 2.07 bits per heavy atom. The van der Waals surface area contributed by atoms with E-state index in [-0.39, 0.29) is 23.4 Å². The van der Waals surface area contributed by atoms with Gasteiger partial charge in [-0.3, -0.25) is 13.9 Å². The summed E-state index contributed by atoms with van der Waals surface area (Å²) in [6.07, 6.45) is 1.04. The number of halogens is 2. The van der Waals surface area contributed by atoms with Crippen LogP contribution in [0.15, 0.2) is 71.6 Å². The number of nitrogens with one attached hydrogen (secondary N) is 1. The minimum atomic E-state index is -4.13. The lowest BCUT2D eigenvalue weighted by molar-refractivity contribution is -0.140. The molecule has 0 heterocycles. The molecule has 7 nitrogen and oxygen atoms in total. The van der Waals surface area contributed by atoms with Crippen LogP contribution in [0.4, 0.5) is 5.69 Å². The topological polar surface area (TPSA) is 86.8 Å². The summed E-state index contributed by atoms with van der Waals surface area (Å²) in [4.78, 5) is 29.0. The molecule has 2 atom stereocenters. The van der Waals surface area contributed by atoms with Crippen LogP contribution in [0.25, 0.3) is 0 Å². The molecule has 10 heteroatoms. The zero-order valence-electron chi connectivity index (χ0n) is 24.0. The van der Waals surface area contributed by atoms with E-state index >= 15 is 0 Å². The van der Waals surface area contributed by atoms with Gasteiger partial charge in [-0.15, -0.1) is 0 Å². The number of carbonyl (C=O) groups is 2. The van der Waals surface area contributed by atoms with Crippen molar-refractivity contribution in [1.29, 1.82) is 0 Å². The van der Waals surface area contributed by atoms with Crippen molar-refractivity contribution in [3.8, 4) is 0 Å². The van der Waals surface area contributed by atoms with Gasteiger partial charge in [0.15, 0.2) is 0 Å². The van der Waals surface area contributed by atoms with Crippen LogP contribution in [0, 0.1) is 13.8 Å². The summed E-state index contributed by atoms with van der Waals surface area (Å²) in [6.45, 7) is 8.94. The molecule has 0 aliphatic rings. The molecule has 0 fully saturated rings. The third-order valence-electron chi connectivity index (χ3n) is 6.83. The zero-order chi connectivity index (χ0) is 30.3. The molecule has 220 valence electrons. The Morgan fingerprint density at radius 1 is 0.878 bits per heavy atom. The summed E-state index contributed by atoms with van der Waals surface area (Å²) in [5.41, 5.74) is 2.73. The fourth-order valence-electron chi connectivity index (χ4n) is 4.54. The predicted molar refractivity (Wildman–Crippen MR) is 166 cm³/mol. The number of hydrogen-bond donors (Lipinski definition) is 1. The fraction of sp³-hybridized carbons (Fsp3) is 0.355. The molecule has 0 radical (unpaired) electrons. The van der Waals surface area contributed by atoms with Crippen LogP contribution in [0.2, 0.25) is 10.0 Å². The van der Waals surface area contributed by atoms with Gasteiger partial charge < -0.3 is 10.2 Å². The lowest BCUT2D eigenvalue weighted by Gasteiger charge is -2.34. The average molecular weight is 619 g/mol. The molecule has 0 saturated heterocycles. The number of carbonyl (C=O) groups excluding carboxylic acids is 2. The largest absolute Gasteiger partial charge is 0.352 e. The zero-order valence-corrected chi connectivity index (χ0v) is 26.4. The summed E-state index contributed by atoms with van der Waals surface area (Å²) in [5.74, 6) is -0.833. The summed E-state index contributed by atoms with van der Waals surface area (Å²) >= 11 is 12.4. The Bertz CT molecular complexity index is 1460. The molecule has 41 heavy (non-hydrogen) atoms. The number of sulfonamides is 1. The number of hydrogen-bond acceptors (Lipinski definition) is 4. The van der Waals surface area contributed by atoms with Gasteiger partial charge in [-0.25, -0.2) is 8.42 Å². The van der Waals surface area contributed by atoms with Gasteiger partial charge in [-0.1, -0.05) is 67.4 Å². The van der Waals surface area contributed by atoms with Gasteiger partial charge in [0.25, 0.3) is 10.0 Å². The molecular formula is C31H37Cl2N3O4S. The lowest BCUT2D eigenvalue weighted by atomic mass is 10.1. The third kappa shape index (κ3) is 8.24. The van der Waals surface area contributed by atoms with Crippen molar-refractivity contribution in [3.63, 3.8) is 0 Å². The Kier molecular flexibility index (Phi) is 11.2. The van der Waals surface area contributed by atoms with Crippen molar-refractivity contribution in [2.24, 2.45) is 0 Å². The van der Waals surface area contributed by atoms with E-state index in [0.29, 0.717) is 27.7 Å².